The van der Waals surface area contributed by atoms with Crippen LogP contribution in [0.25, 0.3) is 0 Å². The van der Waals surface area contributed by atoms with Crippen LogP contribution in [0.3, 0.4) is 0 Å². The summed E-state index contributed by atoms with van der Waals surface area (Å²) in [7, 11) is 1.98. The van der Waals surface area contributed by atoms with Crippen LogP contribution in [0.1, 0.15) is 43.8 Å². The highest BCUT2D eigenvalue weighted by molar-refractivity contribution is 7.09. The summed E-state index contributed by atoms with van der Waals surface area (Å²) in [6.45, 7) is 6.64. The van der Waals surface area contributed by atoms with Gasteiger partial charge in [0.2, 0.25) is 0 Å². The molecule has 2 unspecified atom stereocenters. The summed E-state index contributed by atoms with van der Waals surface area (Å²) in [4.78, 5) is 4.72. The molecule has 0 radical (unpaired) electrons. The van der Waals surface area contributed by atoms with Crippen molar-refractivity contribution in [1.82, 2.24) is 10.3 Å². The Morgan fingerprint density at radius 3 is 2.71 bits per heavy atom. The van der Waals surface area contributed by atoms with Gasteiger partial charge in [-0.25, -0.2) is 4.98 Å². The normalized spacial score (nSPS) is 26.6. The monoisotopic (exact) mass is 210 g/mol. The van der Waals surface area contributed by atoms with Gasteiger partial charge in [0.25, 0.3) is 0 Å². The van der Waals surface area contributed by atoms with E-state index < -0.39 is 0 Å². The lowest BCUT2D eigenvalue weighted by atomic mass is 10.0. The highest BCUT2D eigenvalue weighted by Gasteiger charge is 2.37. The van der Waals surface area contributed by atoms with Gasteiger partial charge in [-0.3, -0.25) is 0 Å². The van der Waals surface area contributed by atoms with E-state index in [9.17, 15) is 0 Å². The number of nitrogens with one attached hydrogen (secondary N) is 1. The molecule has 1 saturated carbocycles. The number of aromatic nitrogens is 1. The van der Waals surface area contributed by atoms with E-state index in [4.69, 9.17) is 4.98 Å². The molecule has 14 heavy (non-hydrogen) atoms. The van der Waals surface area contributed by atoms with Crippen molar-refractivity contribution < 1.29 is 0 Å². The number of hydrogen-bond donors (Lipinski definition) is 1. The van der Waals surface area contributed by atoms with E-state index in [1.807, 2.05) is 18.4 Å². The van der Waals surface area contributed by atoms with Crippen LogP contribution in [0, 0.1) is 5.92 Å². The Labute approximate surface area is 89.8 Å². The van der Waals surface area contributed by atoms with Crippen molar-refractivity contribution in [3.63, 3.8) is 0 Å². The molecule has 0 saturated heterocycles. The van der Waals surface area contributed by atoms with Crippen molar-refractivity contribution >= 4 is 11.3 Å². The van der Waals surface area contributed by atoms with Gasteiger partial charge in [-0.1, -0.05) is 6.92 Å². The molecule has 2 nitrogen and oxygen atoms in total. The predicted molar refractivity (Wildman–Crippen MR) is 60.7 cm³/mol. The van der Waals surface area contributed by atoms with Crippen LogP contribution in [-0.2, 0) is 5.54 Å². The molecule has 0 bridgehead atoms. The fraction of sp³-hybridized carbons (Fsp3) is 0.727. The second kappa shape index (κ2) is 3.31. The molecule has 0 aromatic carbocycles. The fourth-order valence-corrected chi connectivity index (χ4v) is 2.77. The van der Waals surface area contributed by atoms with E-state index in [2.05, 4.69) is 31.5 Å². The van der Waals surface area contributed by atoms with Crippen LogP contribution in [0.5, 0.6) is 0 Å². The predicted octanol–water partition coefficient (Wildman–Crippen LogP) is 2.72. The van der Waals surface area contributed by atoms with E-state index in [0.29, 0.717) is 0 Å². The molecule has 1 aromatic heterocycles. The van der Waals surface area contributed by atoms with Crippen LogP contribution in [-0.4, -0.2) is 12.0 Å². The third-order valence-electron chi connectivity index (χ3n) is 3.21. The molecule has 1 N–H and O–H groups in total. The van der Waals surface area contributed by atoms with Gasteiger partial charge in [0.15, 0.2) is 0 Å². The Bertz CT molecular complexity index is 330. The van der Waals surface area contributed by atoms with Gasteiger partial charge in [-0.05, 0) is 33.2 Å². The van der Waals surface area contributed by atoms with E-state index >= 15 is 0 Å². The number of nitrogens with zero attached hydrogens (tertiary/aromatic N) is 1. The first kappa shape index (κ1) is 10.1. The first-order chi connectivity index (χ1) is 6.54. The molecule has 0 amide bonds. The maximum Gasteiger partial charge on any atom is 0.0962 e. The van der Waals surface area contributed by atoms with Gasteiger partial charge in [0, 0.05) is 11.3 Å². The summed E-state index contributed by atoms with van der Waals surface area (Å²) in [5.74, 6) is 1.60. The van der Waals surface area contributed by atoms with E-state index in [0.717, 1.165) is 11.8 Å². The first-order valence-corrected chi connectivity index (χ1v) is 6.07. The quantitative estimate of drug-likeness (QED) is 0.829. The molecule has 1 heterocycles. The highest BCUT2D eigenvalue weighted by atomic mass is 32.1. The lowest BCUT2D eigenvalue weighted by molar-refractivity contribution is 0.433. The fourth-order valence-electron chi connectivity index (χ4n) is 1.54. The van der Waals surface area contributed by atoms with Crippen LogP contribution < -0.4 is 5.32 Å². The Morgan fingerprint density at radius 2 is 2.21 bits per heavy atom. The summed E-state index contributed by atoms with van der Waals surface area (Å²) < 4.78 is 0. The van der Waals surface area contributed by atoms with Gasteiger partial charge in [0.1, 0.15) is 0 Å². The molecular formula is C11H18N2S. The molecule has 2 atom stereocenters. The summed E-state index contributed by atoms with van der Waals surface area (Å²) in [5, 5.41) is 6.81. The Kier molecular flexibility index (Phi) is 2.40. The summed E-state index contributed by atoms with van der Waals surface area (Å²) in [6, 6.07) is 0. The zero-order valence-corrected chi connectivity index (χ0v) is 10.1. The van der Waals surface area contributed by atoms with Crippen molar-refractivity contribution in [2.45, 2.75) is 38.6 Å². The zero-order chi connectivity index (χ0) is 10.3. The van der Waals surface area contributed by atoms with Crippen molar-refractivity contribution in [3.05, 3.63) is 16.1 Å². The van der Waals surface area contributed by atoms with Gasteiger partial charge >= 0.3 is 0 Å². The standard InChI is InChI=1S/C11H18N2S/c1-7-5-8(7)10-13-9(6-14-10)11(2,3)12-4/h6-8,12H,5H2,1-4H3. The zero-order valence-electron chi connectivity index (χ0n) is 9.29. The minimum Gasteiger partial charge on any atom is -0.310 e. The molecular weight excluding hydrogens is 192 g/mol. The highest BCUT2D eigenvalue weighted by Crippen LogP contribution is 2.48. The van der Waals surface area contributed by atoms with Crippen LogP contribution in [0.15, 0.2) is 5.38 Å². The number of thiazole rings is 1. The maximum absolute atomic E-state index is 4.72. The van der Waals surface area contributed by atoms with Crippen molar-refractivity contribution in [1.29, 1.82) is 0 Å². The molecule has 0 spiro atoms. The Morgan fingerprint density at radius 1 is 1.57 bits per heavy atom. The average Bonchev–Trinajstić information content (AvgIpc) is 2.70. The Hall–Kier alpha value is -0.410. The van der Waals surface area contributed by atoms with Gasteiger partial charge in [-0.15, -0.1) is 11.3 Å². The smallest absolute Gasteiger partial charge is 0.0962 e. The molecule has 1 aliphatic carbocycles. The second-order valence-corrected chi connectivity index (χ2v) is 5.66. The van der Waals surface area contributed by atoms with E-state index in [-0.39, 0.29) is 5.54 Å². The van der Waals surface area contributed by atoms with Crippen LogP contribution in [0.4, 0.5) is 0 Å². The third-order valence-corrected chi connectivity index (χ3v) is 4.19. The summed E-state index contributed by atoms with van der Waals surface area (Å²) >= 11 is 1.82. The molecule has 1 fully saturated rings. The third kappa shape index (κ3) is 1.71. The lowest BCUT2D eigenvalue weighted by Crippen LogP contribution is -2.33. The average molecular weight is 210 g/mol. The van der Waals surface area contributed by atoms with Crippen molar-refractivity contribution in [3.8, 4) is 0 Å². The minimum atomic E-state index is 0.00682. The van der Waals surface area contributed by atoms with Crippen LogP contribution >= 0.6 is 11.3 Å². The van der Waals surface area contributed by atoms with Gasteiger partial charge < -0.3 is 5.32 Å². The molecule has 0 aliphatic heterocycles. The summed E-state index contributed by atoms with van der Waals surface area (Å²) in [5.41, 5.74) is 1.19. The summed E-state index contributed by atoms with van der Waals surface area (Å²) in [6.07, 6.45) is 1.33. The van der Waals surface area contributed by atoms with E-state index in [1.165, 1.54) is 17.1 Å². The molecule has 78 valence electrons. The largest absolute Gasteiger partial charge is 0.310 e. The van der Waals surface area contributed by atoms with Crippen molar-refractivity contribution in [2.24, 2.45) is 5.92 Å². The minimum absolute atomic E-state index is 0.00682. The maximum atomic E-state index is 4.72. The molecule has 2 rings (SSSR count). The topological polar surface area (TPSA) is 24.9 Å². The lowest BCUT2D eigenvalue weighted by Gasteiger charge is -2.21. The SMILES string of the molecule is CNC(C)(C)c1csc(C2CC2C)n1. The first-order valence-electron chi connectivity index (χ1n) is 5.19. The van der Waals surface area contributed by atoms with Gasteiger partial charge in [0.05, 0.1) is 16.2 Å². The molecule has 3 heteroatoms. The number of rotatable bonds is 3. The van der Waals surface area contributed by atoms with Crippen molar-refractivity contribution in [2.75, 3.05) is 7.05 Å². The Balaban J connectivity index is 2.17. The van der Waals surface area contributed by atoms with E-state index in [1.54, 1.807) is 0 Å². The number of hydrogen-bond acceptors (Lipinski definition) is 3. The van der Waals surface area contributed by atoms with Crippen LogP contribution in [0.2, 0.25) is 0 Å². The molecule has 1 aliphatic rings. The molecule has 1 aromatic rings. The van der Waals surface area contributed by atoms with Gasteiger partial charge in [-0.2, -0.15) is 0 Å². The second-order valence-electron chi connectivity index (χ2n) is 4.77.